The summed E-state index contributed by atoms with van der Waals surface area (Å²) in [5, 5.41) is 8.97. The predicted octanol–water partition coefficient (Wildman–Crippen LogP) is 3.54. The lowest BCUT2D eigenvalue weighted by molar-refractivity contribution is 0.342. The minimum absolute atomic E-state index is 0.105. The van der Waals surface area contributed by atoms with Gasteiger partial charge in [0.05, 0.1) is 6.61 Å². The van der Waals surface area contributed by atoms with E-state index < -0.39 is 0 Å². The summed E-state index contributed by atoms with van der Waals surface area (Å²) in [7, 11) is 0. The van der Waals surface area contributed by atoms with Crippen molar-refractivity contribution in [2.75, 3.05) is 6.61 Å². The van der Waals surface area contributed by atoms with Gasteiger partial charge in [0, 0.05) is 5.41 Å². The van der Waals surface area contributed by atoms with Crippen molar-refractivity contribution in [3.05, 3.63) is 83.9 Å². The summed E-state index contributed by atoms with van der Waals surface area (Å²) < 4.78 is 0. The molecular weight excluding hydrogens is 232 g/mol. The first-order valence-corrected chi connectivity index (χ1v) is 6.76. The highest BCUT2D eigenvalue weighted by Crippen LogP contribution is 2.59. The molecule has 0 bridgehead atoms. The summed E-state index contributed by atoms with van der Waals surface area (Å²) in [6.07, 6.45) is 5.13. The Morgan fingerprint density at radius 3 is 1.95 bits per heavy atom. The quantitative estimate of drug-likeness (QED) is 0.823. The van der Waals surface area contributed by atoms with Crippen LogP contribution < -0.4 is 0 Å². The van der Waals surface area contributed by atoms with Gasteiger partial charge in [0.1, 0.15) is 0 Å². The van der Waals surface area contributed by atoms with Crippen molar-refractivity contribution in [1.82, 2.24) is 0 Å². The molecule has 1 unspecified atom stereocenters. The third-order valence-corrected chi connectivity index (χ3v) is 4.07. The van der Waals surface area contributed by atoms with Crippen LogP contribution in [0.4, 0.5) is 0 Å². The van der Waals surface area contributed by atoms with Crippen molar-refractivity contribution < 1.29 is 5.11 Å². The Hall–Kier alpha value is -1.86. The highest BCUT2D eigenvalue weighted by molar-refractivity contribution is 5.48. The van der Waals surface area contributed by atoms with Gasteiger partial charge < -0.3 is 5.11 Å². The molecule has 3 rings (SSSR count). The fraction of sp³-hybridized carbons (Fsp3) is 0.222. The zero-order valence-electron chi connectivity index (χ0n) is 10.9. The zero-order chi connectivity index (χ0) is 13.1. The first-order valence-electron chi connectivity index (χ1n) is 6.76. The molecule has 1 atom stereocenters. The van der Waals surface area contributed by atoms with Crippen molar-refractivity contribution in [1.29, 1.82) is 0 Å². The van der Waals surface area contributed by atoms with Crippen LogP contribution in [-0.2, 0) is 5.41 Å². The maximum atomic E-state index is 8.97. The number of benzene rings is 2. The van der Waals surface area contributed by atoms with Crippen LogP contribution in [-0.4, -0.2) is 11.7 Å². The molecule has 0 radical (unpaired) electrons. The molecule has 0 spiro atoms. The van der Waals surface area contributed by atoms with E-state index in [2.05, 4.69) is 66.7 Å². The molecule has 96 valence electrons. The van der Waals surface area contributed by atoms with Crippen LogP contribution in [0.2, 0.25) is 0 Å². The molecule has 0 aromatic heterocycles. The maximum absolute atomic E-state index is 8.97. The lowest BCUT2D eigenvalue weighted by Gasteiger charge is -2.18. The van der Waals surface area contributed by atoms with Crippen molar-refractivity contribution in [3.63, 3.8) is 0 Å². The molecule has 1 nitrogen and oxygen atoms in total. The van der Waals surface area contributed by atoms with Crippen LogP contribution in [0.1, 0.15) is 17.5 Å². The molecule has 2 aromatic carbocycles. The van der Waals surface area contributed by atoms with Gasteiger partial charge in [0.15, 0.2) is 0 Å². The van der Waals surface area contributed by atoms with Gasteiger partial charge in [-0.1, -0.05) is 72.8 Å². The fourth-order valence-electron chi connectivity index (χ4n) is 3.05. The van der Waals surface area contributed by atoms with Crippen LogP contribution in [0.3, 0.4) is 0 Å². The third kappa shape index (κ3) is 2.11. The molecular formula is C18H18O. The molecule has 1 aliphatic rings. The molecule has 1 aliphatic carbocycles. The molecule has 1 fully saturated rings. The smallest absolute Gasteiger partial charge is 0.0612 e. The Bertz CT molecular complexity index is 517. The van der Waals surface area contributed by atoms with Gasteiger partial charge in [0.25, 0.3) is 0 Å². The zero-order valence-corrected chi connectivity index (χ0v) is 10.9. The highest BCUT2D eigenvalue weighted by Gasteiger charge is 2.54. The number of hydrogen-bond donors (Lipinski definition) is 1. The van der Waals surface area contributed by atoms with E-state index in [1.165, 1.54) is 11.1 Å². The Labute approximate surface area is 114 Å². The van der Waals surface area contributed by atoms with Gasteiger partial charge >= 0.3 is 0 Å². The second-order valence-corrected chi connectivity index (χ2v) is 5.12. The molecule has 0 heterocycles. The number of rotatable bonds is 4. The van der Waals surface area contributed by atoms with E-state index in [0.29, 0.717) is 5.92 Å². The standard InChI is InChI=1S/C18H18O/c19-13-7-12-17-14-18(17,15-8-3-1-4-9-15)16-10-5-2-6-11-16/h1-12,17,19H,13-14H2/b12-7+. The first-order chi connectivity index (χ1) is 9.38. The summed E-state index contributed by atoms with van der Waals surface area (Å²) in [5.74, 6) is 0.490. The topological polar surface area (TPSA) is 20.2 Å². The summed E-state index contributed by atoms with van der Waals surface area (Å²) in [5.41, 5.74) is 2.84. The van der Waals surface area contributed by atoms with E-state index in [9.17, 15) is 0 Å². The average molecular weight is 250 g/mol. The van der Waals surface area contributed by atoms with Gasteiger partial charge in [0.2, 0.25) is 0 Å². The molecule has 2 aromatic rings. The molecule has 1 heteroatoms. The minimum Gasteiger partial charge on any atom is -0.392 e. The number of aliphatic hydroxyl groups excluding tert-OH is 1. The van der Waals surface area contributed by atoms with Crippen LogP contribution >= 0.6 is 0 Å². The Balaban J connectivity index is 2.02. The van der Waals surface area contributed by atoms with Gasteiger partial charge in [-0.05, 0) is 23.5 Å². The SMILES string of the molecule is OC/C=C/C1CC1(c1ccccc1)c1ccccc1. The Morgan fingerprint density at radius 2 is 1.47 bits per heavy atom. The normalized spacial score (nSPS) is 20.6. The lowest BCUT2D eigenvalue weighted by atomic mass is 9.85. The molecule has 1 N–H and O–H groups in total. The number of allylic oxidation sites excluding steroid dienone is 1. The lowest BCUT2D eigenvalue weighted by Crippen LogP contribution is -2.11. The van der Waals surface area contributed by atoms with Crippen LogP contribution in [0.15, 0.2) is 72.8 Å². The maximum Gasteiger partial charge on any atom is 0.0612 e. The first kappa shape index (κ1) is 12.2. The van der Waals surface area contributed by atoms with Gasteiger partial charge in [-0.25, -0.2) is 0 Å². The molecule has 0 aliphatic heterocycles. The van der Waals surface area contributed by atoms with E-state index >= 15 is 0 Å². The third-order valence-electron chi connectivity index (χ3n) is 4.07. The largest absolute Gasteiger partial charge is 0.392 e. The van der Waals surface area contributed by atoms with Gasteiger partial charge in [-0.15, -0.1) is 0 Å². The van der Waals surface area contributed by atoms with Crippen molar-refractivity contribution in [2.45, 2.75) is 11.8 Å². The monoisotopic (exact) mass is 250 g/mol. The summed E-state index contributed by atoms with van der Waals surface area (Å²) >= 11 is 0. The molecule has 1 saturated carbocycles. The van der Waals surface area contributed by atoms with E-state index in [0.717, 1.165) is 6.42 Å². The highest BCUT2D eigenvalue weighted by atomic mass is 16.2. The van der Waals surface area contributed by atoms with Crippen molar-refractivity contribution >= 4 is 0 Å². The van der Waals surface area contributed by atoms with Crippen LogP contribution in [0.25, 0.3) is 0 Å². The van der Waals surface area contributed by atoms with Crippen LogP contribution in [0, 0.1) is 5.92 Å². The average Bonchev–Trinajstić information content (AvgIpc) is 3.23. The predicted molar refractivity (Wildman–Crippen MR) is 78.0 cm³/mol. The minimum atomic E-state index is 0.105. The van der Waals surface area contributed by atoms with E-state index in [1.54, 1.807) is 0 Å². The molecule has 19 heavy (non-hydrogen) atoms. The summed E-state index contributed by atoms with van der Waals surface area (Å²) in [4.78, 5) is 0. The number of aliphatic hydroxyl groups is 1. The Morgan fingerprint density at radius 1 is 0.947 bits per heavy atom. The van der Waals surface area contributed by atoms with Gasteiger partial charge in [-0.2, -0.15) is 0 Å². The molecule has 0 amide bonds. The van der Waals surface area contributed by atoms with E-state index in [-0.39, 0.29) is 12.0 Å². The molecule has 0 saturated heterocycles. The summed E-state index contributed by atoms with van der Waals surface area (Å²) in [6.45, 7) is 0.121. The van der Waals surface area contributed by atoms with E-state index in [4.69, 9.17) is 5.11 Å². The summed E-state index contributed by atoms with van der Waals surface area (Å²) in [6, 6.07) is 21.4. The van der Waals surface area contributed by atoms with Crippen LogP contribution in [0.5, 0.6) is 0 Å². The second kappa shape index (κ2) is 5.02. The van der Waals surface area contributed by atoms with E-state index in [1.807, 2.05) is 6.08 Å². The van der Waals surface area contributed by atoms with Crippen molar-refractivity contribution in [3.8, 4) is 0 Å². The number of hydrogen-bond acceptors (Lipinski definition) is 1. The fourth-order valence-corrected chi connectivity index (χ4v) is 3.05. The van der Waals surface area contributed by atoms with Crippen molar-refractivity contribution in [2.24, 2.45) is 5.92 Å². The Kier molecular flexibility index (Phi) is 3.22. The van der Waals surface area contributed by atoms with Gasteiger partial charge in [-0.3, -0.25) is 0 Å². The second-order valence-electron chi connectivity index (χ2n) is 5.12.